The highest BCUT2D eigenvalue weighted by atomic mass is 16.6. The maximum Gasteiger partial charge on any atom is 0.280 e. The van der Waals surface area contributed by atoms with E-state index in [2.05, 4.69) is 0 Å². The average Bonchev–Trinajstić information content (AvgIpc) is 2.41. The topological polar surface area (TPSA) is 83.7 Å². The van der Waals surface area contributed by atoms with Crippen molar-refractivity contribution in [3.05, 3.63) is 33.9 Å². The number of piperidine rings is 1. The van der Waals surface area contributed by atoms with Gasteiger partial charge in [-0.05, 0) is 24.5 Å². The highest BCUT2D eigenvalue weighted by molar-refractivity contribution is 5.83. The molecule has 19 heavy (non-hydrogen) atoms. The van der Waals surface area contributed by atoms with Crippen LogP contribution in [0.15, 0.2) is 18.2 Å². The van der Waals surface area contributed by atoms with E-state index < -0.39 is 4.92 Å². The molecule has 102 valence electrons. The first-order valence-electron chi connectivity index (χ1n) is 6.19. The molecule has 1 aliphatic rings. The molecular formula is C13H16N2O4. The standard InChI is InChI=1S/C13H16N2O4/c1-9-7-14(5-4-13(9)17)11-2-3-12(15(18)19)10(6-11)8-16/h2-3,6,8-9,13,17H,4-5,7H2,1H3. The van der Waals surface area contributed by atoms with Crippen molar-refractivity contribution in [1.82, 2.24) is 0 Å². The Balaban J connectivity index is 2.26. The van der Waals surface area contributed by atoms with Crippen LogP contribution in [0.5, 0.6) is 0 Å². The van der Waals surface area contributed by atoms with E-state index in [0.717, 1.165) is 5.69 Å². The van der Waals surface area contributed by atoms with E-state index in [1.165, 1.54) is 12.1 Å². The minimum Gasteiger partial charge on any atom is -0.393 e. The van der Waals surface area contributed by atoms with Crippen molar-refractivity contribution in [2.75, 3.05) is 18.0 Å². The summed E-state index contributed by atoms with van der Waals surface area (Å²) in [7, 11) is 0. The van der Waals surface area contributed by atoms with Gasteiger partial charge in [0.1, 0.15) is 0 Å². The quantitative estimate of drug-likeness (QED) is 0.509. The zero-order valence-electron chi connectivity index (χ0n) is 10.7. The highest BCUT2D eigenvalue weighted by Gasteiger charge is 2.25. The molecule has 1 N–H and O–H groups in total. The van der Waals surface area contributed by atoms with Crippen LogP contribution in [-0.2, 0) is 0 Å². The zero-order valence-corrected chi connectivity index (χ0v) is 10.7. The van der Waals surface area contributed by atoms with E-state index >= 15 is 0 Å². The molecule has 1 fully saturated rings. The summed E-state index contributed by atoms with van der Waals surface area (Å²) in [6.07, 6.45) is 0.859. The van der Waals surface area contributed by atoms with Gasteiger partial charge in [0.05, 0.1) is 16.6 Å². The lowest BCUT2D eigenvalue weighted by Crippen LogP contribution is -2.41. The Labute approximate surface area is 110 Å². The first-order chi connectivity index (χ1) is 9.02. The van der Waals surface area contributed by atoms with Gasteiger partial charge >= 0.3 is 0 Å². The first-order valence-corrected chi connectivity index (χ1v) is 6.19. The SMILES string of the molecule is CC1CN(c2ccc([N+](=O)[O-])c(C=O)c2)CCC1O. The molecule has 2 rings (SSSR count). The molecular weight excluding hydrogens is 248 g/mol. The number of hydrogen-bond donors (Lipinski definition) is 1. The number of aliphatic hydroxyl groups excluding tert-OH is 1. The molecule has 1 saturated heterocycles. The van der Waals surface area contributed by atoms with Gasteiger partial charge in [-0.25, -0.2) is 0 Å². The average molecular weight is 264 g/mol. The third-order valence-electron chi connectivity index (χ3n) is 3.56. The second kappa shape index (κ2) is 5.36. The van der Waals surface area contributed by atoms with Gasteiger partial charge in [0, 0.05) is 24.8 Å². The van der Waals surface area contributed by atoms with E-state index in [4.69, 9.17) is 0 Å². The van der Waals surface area contributed by atoms with Crippen LogP contribution in [0.2, 0.25) is 0 Å². The Bertz CT molecular complexity index is 503. The summed E-state index contributed by atoms with van der Waals surface area (Å²) in [6, 6.07) is 4.54. The zero-order chi connectivity index (χ0) is 14.0. The molecule has 0 aliphatic carbocycles. The Morgan fingerprint density at radius 3 is 2.84 bits per heavy atom. The Kier molecular flexibility index (Phi) is 3.80. The number of nitrogens with zero attached hydrogens (tertiary/aromatic N) is 2. The van der Waals surface area contributed by atoms with Crippen LogP contribution in [0.1, 0.15) is 23.7 Å². The van der Waals surface area contributed by atoms with Crippen molar-refractivity contribution >= 4 is 17.7 Å². The monoisotopic (exact) mass is 264 g/mol. The molecule has 2 unspecified atom stereocenters. The van der Waals surface area contributed by atoms with E-state index in [1.54, 1.807) is 6.07 Å². The summed E-state index contributed by atoms with van der Waals surface area (Å²) >= 11 is 0. The molecule has 0 spiro atoms. The largest absolute Gasteiger partial charge is 0.393 e. The maximum atomic E-state index is 10.9. The lowest BCUT2D eigenvalue weighted by atomic mass is 9.96. The molecule has 6 nitrogen and oxygen atoms in total. The van der Waals surface area contributed by atoms with Gasteiger partial charge in [-0.3, -0.25) is 14.9 Å². The van der Waals surface area contributed by atoms with E-state index in [1.807, 2.05) is 11.8 Å². The summed E-state index contributed by atoms with van der Waals surface area (Å²) in [4.78, 5) is 23.2. The summed E-state index contributed by atoms with van der Waals surface area (Å²) in [5.41, 5.74) is 0.691. The summed E-state index contributed by atoms with van der Waals surface area (Å²) in [5.74, 6) is 0.142. The fourth-order valence-electron chi connectivity index (χ4n) is 2.37. The van der Waals surface area contributed by atoms with E-state index in [0.29, 0.717) is 25.8 Å². The van der Waals surface area contributed by atoms with Crippen LogP contribution in [-0.4, -0.2) is 35.5 Å². The number of nitro groups is 1. The van der Waals surface area contributed by atoms with Crippen LogP contribution >= 0.6 is 0 Å². The summed E-state index contributed by atoms with van der Waals surface area (Å²) < 4.78 is 0. The molecule has 1 heterocycles. The number of nitro benzene ring substituents is 1. The fourth-order valence-corrected chi connectivity index (χ4v) is 2.37. The third kappa shape index (κ3) is 2.73. The number of aldehydes is 1. The lowest BCUT2D eigenvalue weighted by Gasteiger charge is -2.36. The van der Waals surface area contributed by atoms with Crippen molar-refractivity contribution in [2.24, 2.45) is 5.92 Å². The van der Waals surface area contributed by atoms with Crippen LogP contribution in [0.3, 0.4) is 0 Å². The van der Waals surface area contributed by atoms with E-state index in [-0.39, 0.29) is 23.3 Å². The van der Waals surface area contributed by atoms with Crippen molar-refractivity contribution in [1.29, 1.82) is 0 Å². The molecule has 0 amide bonds. The predicted molar refractivity (Wildman–Crippen MR) is 70.5 cm³/mol. The minimum atomic E-state index is -0.559. The Hall–Kier alpha value is -1.95. The minimum absolute atomic E-state index is 0.0845. The molecule has 0 aromatic heterocycles. The van der Waals surface area contributed by atoms with Gasteiger partial charge in [-0.2, -0.15) is 0 Å². The van der Waals surface area contributed by atoms with Gasteiger partial charge < -0.3 is 10.0 Å². The van der Waals surface area contributed by atoms with Crippen LogP contribution < -0.4 is 4.90 Å². The smallest absolute Gasteiger partial charge is 0.280 e. The highest BCUT2D eigenvalue weighted by Crippen LogP contribution is 2.27. The number of anilines is 1. The molecule has 0 radical (unpaired) electrons. The lowest BCUT2D eigenvalue weighted by molar-refractivity contribution is -0.385. The van der Waals surface area contributed by atoms with Crippen LogP contribution in [0, 0.1) is 16.0 Å². The second-order valence-electron chi connectivity index (χ2n) is 4.90. The Morgan fingerprint density at radius 2 is 2.26 bits per heavy atom. The summed E-state index contributed by atoms with van der Waals surface area (Å²) in [6.45, 7) is 3.32. The van der Waals surface area contributed by atoms with Crippen molar-refractivity contribution in [3.8, 4) is 0 Å². The van der Waals surface area contributed by atoms with E-state index in [9.17, 15) is 20.0 Å². The van der Waals surface area contributed by atoms with Gasteiger partial charge in [0.25, 0.3) is 5.69 Å². The normalized spacial score (nSPS) is 23.2. The van der Waals surface area contributed by atoms with Crippen LogP contribution in [0.4, 0.5) is 11.4 Å². The number of rotatable bonds is 3. The number of carbonyl (C=O) groups excluding carboxylic acids is 1. The van der Waals surface area contributed by atoms with Gasteiger partial charge in [-0.1, -0.05) is 6.92 Å². The molecule has 1 aromatic carbocycles. The molecule has 2 atom stereocenters. The first kappa shape index (κ1) is 13.5. The molecule has 0 bridgehead atoms. The Morgan fingerprint density at radius 1 is 1.53 bits per heavy atom. The maximum absolute atomic E-state index is 10.9. The molecule has 1 aromatic rings. The van der Waals surface area contributed by atoms with Crippen molar-refractivity contribution in [2.45, 2.75) is 19.4 Å². The fraction of sp³-hybridized carbons (Fsp3) is 0.462. The van der Waals surface area contributed by atoms with Crippen molar-refractivity contribution in [3.63, 3.8) is 0 Å². The number of hydrogen-bond acceptors (Lipinski definition) is 5. The molecule has 6 heteroatoms. The number of aliphatic hydroxyl groups is 1. The van der Waals surface area contributed by atoms with Gasteiger partial charge in [-0.15, -0.1) is 0 Å². The van der Waals surface area contributed by atoms with Gasteiger partial charge in [0.2, 0.25) is 0 Å². The third-order valence-corrected chi connectivity index (χ3v) is 3.56. The predicted octanol–water partition coefficient (Wildman–Crippen LogP) is 1.61. The molecule has 0 saturated carbocycles. The van der Waals surface area contributed by atoms with Gasteiger partial charge in [0.15, 0.2) is 6.29 Å². The second-order valence-corrected chi connectivity index (χ2v) is 4.90. The summed E-state index contributed by atoms with van der Waals surface area (Å²) in [5, 5.41) is 20.5. The number of benzene rings is 1. The van der Waals surface area contributed by atoms with Crippen LogP contribution in [0.25, 0.3) is 0 Å². The van der Waals surface area contributed by atoms with Crippen molar-refractivity contribution < 1.29 is 14.8 Å². The number of carbonyl (C=O) groups is 1. The molecule has 1 aliphatic heterocycles.